The van der Waals surface area contributed by atoms with Gasteiger partial charge in [0.2, 0.25) is 17.7 Å². The van der Waals surface area contributed by atoms with E-state index < -0.39 is 11.7 Å². The van der Waals surface area contributed by atoms with Crippen LogP contribution >= 0.6 is 0 Å². The van der Waals surface area contributed by atoms with Gasteiger partial charge in [0.1, 0.15) is 5.82 Å². The molecule has 3 amide bonds. The molecule has 0 aromatic heterocycles. The van der Waals surface area contributed by atoms with Crippen molar-refractivity contribution in [2.75, 3.05) is 23.7 Å². The highest BCUT2D eigenvalue weighted by atomic mass is 19.1. The van der Waals surface area contributed by atoms with E-state index in [9.17, 15) is 18.8 Å². The lowest BCUT2D eigenvalue weighted by atomic mass is 9.88. The van der Waals surface area contributed by atoms with Gasteiger partial charge in [-0.25, -0.2) is 4.39 Å². The maximum atomic E-state index is 13.5. The van der Waals surface area contributed by atoms with Crippen LogP contribution in [0.25, 0.3) is 0 Å². The molecular formula is C22H22FN3O3. The molecule has 29 heavy (non-hydrogen) atoms. The Hall–Kier alpha value is -3.22. The molecule has 0 radical (unpaired) electrons. The summed E-state index contributed by atoms with van der Waals surface area (Å²) in [5, 5.41) is 5.54. The summed E-state index contributed by atoms with van der Waals surface area (Å²) in [6, 6.07) is 13.4. The molecule has 0 spiro atoms. The summed E-state index contributed by atoms with van der Waals surface area (Å²) < 4.78 is 13.5. The average Bonchev–Trinajstić information content (AvgIpc) is 2.73. The highest BCUT2D eigenvalue weighted by Crippen LogP contribution is 2.35. The lowest BCUT2D eigenvalue weighted by Gasteiger charge is -2.35. The van der Waals surface area contributed by atoms with Crippen LogP contribution in [0.15, 0.2) is 48.5 Å². The van der Waals surface area contributed by atoms with Crippen LogP contribution in [0.4, 0.5) is 15.8 Å². The van der Waals surface area contributed by atoms with Crippen LogP contribution in [-0.4, -0.2) is 35.7 Å². The molecule has 0 unspecified atom stereocenters. The number of piperidine rings is 1. The highest BCUT2D eigenvalue weighted by molar-refractivity contribution is 6.01. The van der Waals surface area contributed by atoms with E-state index in [-0.39, 0.29) is 30.1 Å². The summed E-state index contributed by atoms with van der Waals surface area (Å²) in [6.07, 6.45) is 1.19. The predicted octanol–water partition coefficient (Wildman–Crippen LogP) is 3.13. The Morgan fingerprint density at radius 2 is 1.79 bits per heavy atom. The minimum absolute atomic E-state index is 0.0406. The molecule has 150 valence electrons. The number of hydrogen-bond acceptors (Lipinski definition) is 3. The van der Waals surface area contributed by atoms with Crippen molar-refractivity contribution in [1.29, 1.82) is 0 Å². The normalized spacial score (nSPS) is 19.3. The summed E-state index contributed by atoms with van der Waals surface area (Å²) in [4.78, 5) is 39.3. The summed E-state index contributed by atoms with van der Waals surface area (Å²) in [5.41, 5.74) is 1.75. The molecule has 7 heteroatoms. The first-order valence-electron chi connectivity index (χ1n) is 9.75. The molecule has 0 bridgehead atoms. The zero-order valence-electron chi connectivity index (χ0n) is 15.9. The van der Waals surface area contributed by atoms with E-state index in [2.05, 4.69) is 10.6 Å². The maximum Gasteiger partial charge on any atom is 0.230 e. The Morgan fingerprint density at radius 1 is 1.07 bits per heavy atom. The van der Waals surface area contributed by atoms with Gasteiger partial charge < -0.3 is 15.5 Å². The number of anilines is 2. The number of amides is 3. The van der Waals surface area contributed by atoms with Crippen LogP contribution in [0, 0.1) is 11.7 Å². The van der Waals surface area contributed by atoms with Crippen molar-refractivity contribution < 1.29 is 18.8 Å². The third-order valence-electron chi connectivity index (χ3n) is 5.57. The first kappa shape index (κ1) is 19.1. The molecule has 2 N–H and O–H groups in total. The number of hydrogen-bond donors (Lipinski definition) is 2. The van der Waals surface area contributed by atoms with E-state index in [1.165, 1.54) is 12.1 Å². The van der Waals surface area contributed by atoms with E-state index in [1.807, 2.05) is 30.3 Å². The van der Waals surface area contributed by atoms with Gasteiger partial charge in [-0.3, -0.25) is 14.4 Å². The second-order valence-corrected chi connectivity index (χ2v) is 7.49. The summed E-state index contributed by atoms with van der Waals surface area (Å²) >= 11 is 0. The van der Waals surface area contributed by atoms with Crippen molar-refractivity contribution >= 4 is 29.1 Å². The summed E-state index contributed by atoms with van der Waals surface area (Å²) in [7, 11) is 0. The Balaban J connectivity index is 1.39. The number of likely N-dealkylation sites (tertiary alicyclic amines) is 1. The van der Waals surface area contributed by atoms with Crippen molar-refractivity contribution in [3.8, 4) is 0 Å². The Morgan fingerprint density at radius 3 is 2.52 bits per heavy atom. The summed E-state index contributed by atoms with van der Waals surface area (Å²) in [6.45, 7) is 0.917. The topological polar surface area (TPSA) is 78.5 Å². The number of halogens is 1. The molecule has 2 heterocycles. The SMILES string of the molecule is O=C1C[C@H](C(=O)N2CCC(C(=O)Nc3ccccc3)CC2)c2ccc(F)cc2N1. The van der Waals surface area contributed by atoms with Gasteiger partial charge in [0.05, 0.1) is 5.92 Å². The molecule has 2 aromatic rings. The van der Waals surface area contributed by atoms with Gasteiger partial charge in [0.25, 0.3) is 0 Å². The van der Waals surface area contributed by atoms with E-state index in [0.29, 0.717) is 37.2 Å². The predicted molar refractivity (Wildman–Crippen MR) is 107 cm³/mol. The fourth-order valence-electron chi connectivity index (χ4n) is 4.01. The standard InChI is InChI=1S/C22H22FN3O3/c23-15-6-7-17-18(13-20(27)25-19(17)12-15)22(29)26-10-8-14(9-11-26)21(28)24-16-4-2-1-3-5-16/h1-7,12,14,18H,8-11,13H2,(H,24,28)(H,25,27)/t18-/m0/s1. The van der Waals surface area contributed by atoms with Gasteiger partial charge in [0, 0.05) is 36.8 Å². The zero-order valence-corrected chi connectivity index (χ0v) is 15.9. The van der Waals surface area contributed by atoms with E-state index in [1.54, 1.807) is 11.0 Å². The number of para-hydroxylation sites is 1. The summed E-state index contributed by atoms with van der Waals surface area (Å²) in [5.74, 6) is -1.71. The second-order valence-electron chi connectivity index (χ2n) is 7.49. The molecule has 1 saturated heterocycles. The van der Waals surface area contributed by atoms with E-state index >= 15 is 0 Å². The molecule has 2 aliphatic heterocycles. The lowest BCUT2D eigenvalue weighted by molar-refractivity contribution is -0.137. The molecule has 1 atom stereocenters. The van der Waals surface area contributed by atoms with Crippen LogP contribution in [-0.2, 0) is 14.4 Å². The molecule has 6 nitrogen and oxygen atoms in total. The van der Waals surface area contributed by atoms with Crippen LogP contribution < -0.4 is 10.6 Å². The van der Waals surface area contributed by atoms with Crippen molar-refractivity contribution in [1.82, 2.24) is 4.90 Å². The number of benzene rings is 2. The number of carbonyl (C=O) groups excluding carboxylic acids is 3. The van der Waals surface area contributed by atoms with E-state index in [0.717, 1.165) is 5.69 Å². The number of rotatable bonds is 3. The average molecular weight is 395 g/mol. The van der Waals surface area contributed by atoms with Crippen LogP contribution in [0.5, 0.6) is 0 Å². The lowest BCUT2D eigenvalue weighted by Crippen LogP contribution is -2.44. The largest absolute Gasteiger partial charge is 0.342 e. The van der Waals surface area contributed by atoms with Crippen LogP contribution in [0.2, 0.25) is 0 Å². The highest BCUT2D eigenvalue weighted by Gasteiger charge is 2.36. The number of carbonyl (C=O) groups is 3. The maximum absolute atomic E-state index is 13.5. The Kier molecular flexibility index (Phi) is 5.29. The molecule has 1 fully saturated rings. The number of nitrogens with one attached hydrogen (secondary N) is 2. The quantitative estimate of drug-likeness (QED) is 0.838. The minimum atomic E-state index is -0.617. The first-order valence-corrected chi connectivity index (χ1v) is 9.75. The van der Waals surface area contributed by atoms with Gasteiger partial charge in [-0.1, -0.05) is 24.3 Å². The minimum Gasteiger partial charge on any atom is -0.342 e. The molecule has 2 aromatic carbocycles. The Bertz CT molecular complexity index is 940. The van der Waals surface area contributed by atoms with Crippen molar-refractivity contribution in [3.05, 3.63) is 59.9 Å². The van der Waals surface area contributed by atoms with Crippen LogP contribution in [0.1, 0.15) is 30.7 Å². The van der Waals surface area contributed by atoms with Crippen molar-refractivity contribution in [2.45, 2.75) is 25.2 Å². The van der Waals surface area contributed by atoms with Crippen molar-refractivity contribution in [3.63, 3.8) is 0 Å². The van der Waals surface area contributed by atoms with Gasteiger partial charge in [-0.15, -0.1) is 0 Å². The smallest absolute Gasteiger partial charge is 0.230 e. The molecule has 4 rings (SSSR count). The number of nitrogens with zero attached hydrogens (tertiary/aromatic N) is 1. The zero-order chi connectivity index (χ0) is 20.4. The molecule has 0 aliphatic carbocycles. The van der Waals surface area contributed by atoms with E-state index in [4.69, 9.17) is 0 Å². The van der Waals surface area contributed by atoms with Gasteiger partial charge in [-0.2, -0.15) is 0 Å². The van der Waals surface area contributed by atoms with Gasteiger partial charge in [0.15, 0.2) is 0 Å². The first-order chi connectivity index (χ1) is 14.0. The fourth-order valence-corrected chi connectivity index (χ4v) is 4.01. The third-order valence-corrected chi connectivity index (χ3v) is 5.57. The molecular weight excluding hydrogens is 373 g/mol. The molecule has 2 aliphatic rings. The Labute approximate surface area is 168 Å². The van der Waals surface area contributed by atoms with Crippen molar-refractivity contribution in [2.24, 2.45) is 5.92 Å². The van der Waals surface area contributed by atoms with Gasteiger partial charge in [-0.05, 0) is 42.7 Å². The van der Waals surface area contributed by atoms with Gasteiger partial charge >= 0.3 is 0 Å². The monoisotopic (exact) mass is 395 g/mol. The second kappa shape index (κ2) is 8.03. The third kappa shape index (κ3) is 4.13. The number of fused-ring (bicyclic) bond motifs is 1. The fraction of sp³-hybridized carbons (Fsp3) is 0.318. The van der Waals surface area contributed by atoms with Crippen LogP contribution in [0.3, 0.4) is 0 Å². The molecule has 0 saturated carbocycles.